The highest BCUT2D eigenvalue weighted by Gasteiger charge is 2.51. The molecule has 136 valence electrons. The molecule has 0 amide bonds. The summed E-state index contributed by atoms with van der Waals surface area (Å²) in [5, 5.41) is 11.0. The molecule has 5 heteroatoms. The van der Waals surface area contributed by atoms with Gasteiger partial charge in [-0.15, -0.1) is 0 Å². The number of benzene rings is 1. The number of ether oxygens (including phenoxy) is 1. The normalized spacial score (nSPS) is 36.0. The van der Waals surface area contributed by atoms with Gasteiger partial charge in [-0.1, -0.05) is 24.3 Å². The molecular weight excluding hydrogens is 315 g/mol. The lowest BCUT2D eigenvalue weighted by Crippen LogP contribution is -2.42. The first kappa shape index (κ1) is 17.5. The van der Waals surface area contributed by atoms with Crippen molar-refractivity contribution in [3.63, 3.8) is 0 Å². The van der Waals surface area contributed by atoms with Crippen molar-refractivity contribution in [2.75, 3.05) is 0 Å². The molecule has 0 aliphatic carbocycles. The lowest BCUT2D eigenvalue weighted by Gasteiger charge is -2.36. The molecule has 2 unspecified atom stereocenters. The van der Waals surface area contributed by atoms with E-state index in [9.17, 15) is 5.11 Å². The summed E-state index contributed by atoms with van der Waals surface area (Å²) in [5.41, 5.74) is 0.904. The fourth-order valence-electron chi connectivity index (χ4n) is 4.31. The summed E-state index contributed by atoms with van der Waals surface area (Å²) >= 11 is 0. The van der Waals surface area contributed by atoms with Crippen LogP contribution in [0.1, 0.15) is 58.9 Å². The minimum atomic E-state index is -0.629. The molecule has 2 bridgehead atoms. The third kappa shape index (κ3) is 3.28. The molecule has 3 fully saturated rings. The summed E-state index contributed by atoms with van der Waals surface area (Å²) in [6.45, 7) is 8.26. The third-order valence-corrected chi connectivity index (χ3v) is 6.45. The first-order chi connectivity index (χ1) is 11.7. The zero-order valence-corrected chi connectivity index (χ0v) is 15.7. The van der Waals surface area contributed by atoms with Gasteiger partial charge < -0.3 is 19.2 Å². The molecular formula is C20H29BO4. The van der Waals surface area contributed by atoms with E-state index in [1.54, 1.807) is 0 Å². The van der Waals surface area contributed by atoms with Crippen LogP contribution >= 0.6 is 0 Å². The molecule has 0 aromatic heterocycles. The third-order valence-electron chi connectivity index (χ3n) is 6.45. The molecule has 3 aliphatic heterocycles. The molecule has 0 spiro atoms. The smallest absolute Gasteiger partial charge is 0.399 e. The summed E-state index contributed by atoms with van der Waals surface area (Å²) in [6.07, 6.45) is 4.86. The predicted molar refractivity (Wildman–Crippen MR) is 97.9 cm³/mol. The minimum absolute atomic E-state index is 0.243. The van der Waals surface area contributed by atoms with Gasteiger partial charge in [0.2, 0.25) is 0 Å². The molecule has 3 aliphatic rings. The van der Waals surface area contributed by atoms with Crippen molar-refractivity contribution in [2.24, 2.45) is 0 Å². The van der Waals surface area contributed by atoms with Crippen molar-refractivity contribution < 1.29 is 19.2 Å². The van der Waals surface area contributed by atoms with Gasteiger partial charge >= 0.3 is 7.12 Å². The van der Waals surface area contributed by atoms with Crippen LogP contribution in [0.5, 0.6) is 0 Å². The molecule has 0 radical (unpaired) electrons. The Bertz CT molecular complexity index is 612. The van der Waals surface area contributed by atoms with Crippen LogP contribution in [0.25, 0.3) is 0 Å². The molecule has 3 saturated heterocycles. The summed E-state index contributed by atoms with van der Waals surface area (Å²) < 4.78 is 18.1. The van der Waals surface area contributed by atoms with Crippen molar-refractivity contribution in [3.8, 4) is 0 Å². The van der Waals surface area contributed by atoms with Gasteiger partial charge in [-0.25, -0.2) is 0 Å². The summed E-state index contributed by atoms with van der Waals surface area (Å²) in [4.78, 5) is 0. The van der Waals surface area contributed by atoms with E-state index in [2.05, 4.69) is 52.0 Å². The second kappa shape index (κ2) is 5.81. The van der Waals surface area contributed by atoms with Crippen molar-refractivity contribution >= 4 is 12.6 Å². The highest BCUT2D eigenvalue weighted by molar-refractivity contribution is 6.62. The second-order valence-electron chi connectivity index (χ2n) is 9.10. The van der Waals surface area contributed by atoms with Gasteiger partial charge in [0.1, 0.15) is 0 Å². The summed E-state index contributed by atoms with van der Waals surface area (Å²) in [7, 11) is -0.332. The number of rotatable bonds is 3. The van der Waals surface area contributed by atoms with Crippen molar-refractivity contribution in [2.45, 2.75) is 88.8 Å². The second-order valence-corrected chi connectivity index (χ2v) is 9.10. The Morgan fingerprint density at radius 2 is 1.48 bits per heavy atom. The highest BCUT2D eigenvalue weighted by Crippen LogP contribution is 2.40. The van der Waals surface area contributed by atoms with Gasteiger partial charge in [0.25, 0.3) is 0 Å². The van der Waals surface area contributed by atoms with E-state index in [1.165, 1.54) is 0 Å². The maximum Gasteiger partial charge on any atom is 0.494 e. The van der Waals surface area contributed by atoms with Crippen LogP contribution in [-0.2, 0) is 20.5 Å². The topological polar surface area (TPSA) is 47.9 Å². The quantitative estimate of drug-likeness (QED) is 0.857. The summed E-state index contributed by atoms with van der Waals surface area (Å²) in [6, 6.07) is 8.31. The van der Waals surface area contributed by atoms with Gasteiger partial charge in [0, 0.05) is 19.3 Å². The number of hydrogen-bond donors (Lipinski definition) is 1. The largest absolute Gasteiger partial charge is 0.494 e. The van der Waals surface area contributed by atoms with E-state index in [0.717, 1.165) is 36.7 Å². The standard InChI is InChI=1S/C20H29BO4/c1-18(2)19(3,4)25-21(24-18)15-7-5-14(6-8-15)11-20(22)12-16-9-10-17(13-20)23-16/h5-8,16-17,22H,9-13H2,1-4H3. The van der Waals surface area contributed by atoms with Crippen LogP contribution in [0.4, 0.5) is 0 Å². The van der Waals surface area contributed by atoms with E-state index in [0.29, 0.717) is 6.42 Å². The maximum atomic E-state index is 11.0. The fraction of sp³-hybridized carbons (Fsp3) is 0.700. The Hall–Kier alpha value is -0.875. The van der Waals surface area contributed by atoms with Gasteiger partial charge in [0.05, 0.1) is 29.0 Å². The fourth-order valence-corrected chi connectivity index (χ4v) is 4.31. The SMILES string of the molecule is CC1(C)OB(c2ccc(CC3(O)CC4CCC(C3)O4)cc2)OC1(C)C. The van der Waals surface area contributed by atoms with Gasteiger partial charge in [0.15, 0.2) is 0 Å². The minimum Gasteiger partial charge on any atom is -0.399 e. The van der Waals surface area contributed by atoms with Crippen molar-refractivity contribution in [3.05, 3.63) is 29.8 Å². The lowest BCUT2D eigenvalue weighted by molar-refractivity contribution is -0.110. The van der Waals surface area contributed by atoms with Crippen LogP contribution in [-0.4, -0.2) is 41.2 Å². The Kier molecular flexibility index (Phi) is 4.08. The molecule has 25 heavy (non-hydrogen) atoms. The molecule has 1 N–H and O–H groups in total. The molecule has 4 rings (SSSR count). The van der Waals surface area contributed by atoms with Crippen LogP contribution in [0.15, 0.2) is 24.3 Å². The Morgan fingerprint density at radius 3 is 2.00 bits per heavy atom. The van der Waals surface area contributed by atoms with Crippen LogP contribution in [0.2, 0.25) is 0 Å². The predicted octanol–water partition coefficient (Wildman–Crippen LogP) is 2.60. The Labute approximate surface area is 151 Å². The van der Waals surface area contributed by atoms with E-state index in [-0.39, 0.29) is 30.5 Å². The zero-order chi connectivity index (χ0) is 17.9. The molecule has 3 heterocycles. The molecule has 0 saturated carbocycles. The van der Waals surface area contributed by atoms with Gasteiger partial charge in [-0.05, 0) is 51.6 Å². The first-order valence-corrected chi connectivity index (χ1v) is 9.48. The Morgan fingerprint density at radius 1 is 0.960 bits per heavy atom. The highest BCUT2D eigenvalue weighted by atomic mass is 16.7. The lowest BCUT2D eigenvalue weighted by atomic mass is 9.77. The summed E-state index contributed by atoms with van der Waals surface area (Å²) in [5.74, 6) is 0. The Balaban J connectivity index is 1.44. The maximum absolute atomic E-state index is 11.0. The van der Waals surface area contributed by atoms with E-state index in [4.69, 9.17) is 14.0 Å². The molecule has 1 aromatic carbocycles. The van der Waals surface area contributed by atoms with E-state index < -0.39 is 5.60 Å². The molecule has 4 nitrogen and oxygen atoms in total. The van der Waals surface area contributed by atoms with Gasteiger partial charge in [-0.2, -0.15) is 0 Å². The first-order valence-electron chi connectivity index (χ1n) is 9.48. The van der Waals surface area contributed by atoms with Gasteiger partial charge in [-0.3, -0.25) is 0 Å². The van der Waals surface area contributed by atoms with Crippen LogP contribution < -0.4 is 5.46 Å². The zero-order valence-electron chi connectivity index (χ0n) is 15.7. The molecule has 1 aromatic rings. The van der Waals surface area contributed by atoms with E-state index >= 15 is 0 Å². The number of hydrogen-bond acceptors (Lipinski definition) is 4. The van der Waals surface area contributed by atoms with Crippen LogP contribution in [0.3, 0.4) is 0 Å². The van der Waals surface area contributed by atoms with Crippen LogP contribution in [0, 0.1) is 0 Å². The average Bonchev–Trinajstić information content (AvgIpc) is 2.96. The molecule has 2 atom stereocenters. The number of aliphatic hydroxyl groups is 1. The monoisotopic (exact) mass is 344 g/mol. The number of fused-ring (bicyclic) bond motifs is 2. The average molecular weight is 344 g/mol. The van der Waals surface area contributed by atoms with Crippen molar-refractivity contribution in [1.29, 1.82) is 0 Å². The van der Waals surface area contributed by atoms with E-state index in [1.807, 2.05) is 0 Å². The van der Waals surface area contributed by atoms with Crippen molar-refractivity contribution in [1.82, 2.24) is 0 Å².